The normalized spacial score (nSPS) is 16.8. The Morgan fingerprint density at radius 2 is 1.83 bits per heavy atom. The average Bonchev–Trinajstić information content (AvgIpc) is 2.88. The maximum Gasteiger partial charge on any atom is 0.419 e. The van der Waals surface area contributed by atoms with Crippen LogP contribution in [0.5, 0.6) is 5.75 Å². The van der Waals surface area contributed by atoms with Gasteiger partial charge in [0.05, 0.1) is 5.56 Å². The molecule has 126 valence electrons. The zero-order chi connectivity index (χ0) is 17.3. The fraction of sp³-hybridized carbons (Fsp3) is 0.278. The van der Waals surface area contributed by atoms with E-state index in [0.29, 0.717) is 0 Å². The highest BCUT2D eigenvalue weighted by Gasteiger charge is 2.35. The van der Waals surface area contributed by atoms with Crippen LogP contribution in [0.15, 0.2) is 48.5 Å². The third-order valence-corrected chi connectivity index (χ3v) is 4.02. The minimum atomic E-state index is -4.52. The first-order chi connectivity index (χ1) is 11.4. The molecule has 0 fully saturated rings. The van der Waals surface area contributed by atoms with E-state index in [0.717, 1.165) is 23.7 Å². The van der Waals surface area contributed by atoms with Crippen molar-refractivity contribution in [3.8, 4) is 5.75 Å². The van der Waals surface area contributed by atoms with Crippen LogP contribution in [0.4, 0.5) is 18.9 Å². The molecule has 0 N–H and O–H groups in total. The van der Waals surface area contributed by atoms with Crippen molar-refractivity contribution in [2.75, 3.05) is 11.5 Å². The standard InChI is InChI=1S/C18H16F3NO2/c1-12-10-13-6-2-4-8-15(13)22(12)17(23)11-24-16-9-5-3-7-14(16)18(19,20)21/h2-9,12H,10-11H2,1H3. The predicted molar refractivity (Wildman–Crippen MR) is 84.0 cm³/mol. The lowest BCUT2D eigenvalue weighted by atomic mass is 10.1. The van der Waals surface area contributed by atoms with E-state index in [1.165, 1.54) is 18.2 Å². The van der Waals surface area contributed by atoms with Crippen molar-refractivity contribution in [1.82, 2.24) is 0 Å². The number of hydrogen-bond donors (Lipinski definition) is 0. The quantitative estimate of drug-likeness (QED) is 0.846. The molecule has 0 radical (unpaired) electrons. The molecule has 2 aromatic rings. The predicted octanol–water partition coefficient (Wildman–Crippen LogP) is 4.06. The monoisotopic (exact) mass is 335 g/mol. The van der Waals surface area contributed by atoms with Crippen molar-refractivity contribution in [1.29, 1.82) is 0 Å². The zero-order valence-electron chi connectivity index (χ0n) is 13.0. The number of benzene rings is 2. The number of carbonyl (C=O) groups is 1. The molecular formula is C18H16F3NO2. The number of para-hydroxylation sites is 2. The number of alkyl halides is 3. The van der Waals surface area contributed by atoms with E-state index in [4.69, 9.17) is 4.74 Å². The van der Waals surface area contributed by atoms with Crippen LogP contribution in [-0.2, 0) is 17.4 Å². The molecule has 0 spiro atoms. The summed E-state index contributed by atoms with van der Waals surface area (Å²) in [6.45, 7) is 1.47. The van der Waals surface area contributed by atoms with Crippen molar-refractivity contribution in [3.63, 3.8) is 0 Å². The fourth-order valence-electron chi connectivity index (χ4n) is 2.98. The Morgan fingerprint density at radius 3 is 2.58 bits per heavy atom. The maximum atomic E-state index is 13.0. The molecule has 1 aliphatic heterocycles. The van der Waals surface area contributed by atoms with E-state index >= 15 is 0 Å². The number of fused-ring (bicyclic) bond motifs is 1. The van der Waals surface area contributed by atoms with Crippen LogP contribution in [0.1, 0.15) is 18.1 Å². The van der Waals surface area contributed by atoms with Gasteiger partial charge >= 0.3 is 6.18 Å². The van der Waals surface area contributed by atoms with Gasteiger partial charge in [0.15, 0.2) is 6.61 Å². The van der Waals surface area contributed by atoms with Crippen molar-refractivity contribution in [2.45, 2.75) is 25.6 Å². The summed E-state index contributed by atoms with van der Waals surface area (Å²) in [6, 6.07) is 12.4. The molecule has 0 saturated heterocycles. The van der Waals surface area contributed by atoms with Gasteiger partial charge in [-0.1, -0.05) is 30.3 Å². The highest BCUT2D eigenvalue weighted by Crippen LogP contribution is 2.36. The van der Waals surface area contributed by atoms with Gasteiger partial charge in [-0.15, -0.1) is 0 Å². The van der Waals surface area contributed by atoms with E-state index in [9.17, 15) is 18.0 Å². The summed E-state index contributed by atoms with van der Waals surface area (Å²) in [6.07, 6.45) is -3.80. The summed E-state index contributed by atoms with van der Waals surface area (Å²) in [4.78, 5) is 14.1. The summed E-state index contributed by atoms with van der Waals surface area (Å²) < 4.78 is 44.1. The minimum Gasteiger partial charge on any atom is -0.483 e. The molecule has 1 amide bonds. The fourth-order valence-corrected chi connectivity index (χ4v) is 2.98. The number of rotatable bonds is 3. The Morgan fingerprint density at radius 1 is 1.17 bits per heavy atom. The average molecular weight is 335 g/mol. The van der Waals surface area contributed by atoms with E-state index in [2.05, 4.69) is 0 Å². The third-order valence-electron chi connectivity index (χ3n) is 4.02. The highest BCUT2D eigenvalue weighted by molar-refractivity contribution is 5.97. The van der Waals surface area contributed by atoms with Gasteiger partial charge < -0.3 is 9.64 Å². The summed E-state index contributed by atoms with van der Waals surface area (Å²) in [5.41, 5.74) is 0.962. The van der Waals surface area contributed by atoms with Crippen LogP contribution < -0.4 is 9.64 Å². The van der Waals surface area contributed by atoms with Crippen LogP contribution in [0.3, 0.4) is 0 Å². The number of anilines is 1. The number of ether oxygens (including phenoxy) is 1. The lowest BCUT2D eigenvalue weighted by Gasteiger charge is -2.23. The number of amides is 1. The van der Waals surface area contributed by atoms with Crippen LogP contribution in [-0.4, -0.2) is 18.6 Å². The number of nitrogens with zero attached hydrogens (tertiary/aromatic N) is 1. The maximum absolute atomic E-state index is 13.0. The minimum absolute atomic E-state index is 0.0450. The van der Waals surface area contributed by atoms with Gasteiger partial charge in [-0.05, 0) is 37.1 Å². The van der Waals surface area contributed by atoms with Crippen LogP contribution in [0.2, 0.25) is 0 Å². The van der Waals surface area contributed by atoms with Gasteiger partial charge in [0.25, 0.3) is 5.91 Å². The van der Waals surface area contributed by atoms with Gasteiger partial charge in [0.2, 0.25) is 0 Å². The molecule has 3 rings (SSSR count). The van der Waals surface area contributed by atoms with Gasteiger partial charge in [-0.2, -0.15) is 13.2 Å². The summed E-state index contributed by atoms with van der Waals surface area (Å²) in [5, 5.41) is 0. The number of halogens is 3. The van der Waals surface area contributed by atoms with Gasteiger partial charge in [0.1, 0.15) is 5.75 Å². The van der Waals surface area contributed by atoms with Gasteiger partial charge in [-0.25, -0.2) is 0 Å². The molecule has 0 aliphatic carbocycles. The van der Waals surface area contributed by atoms with Crippen molar-refractivity contribution >= 4 is 11.6 Å². The first-order valence-electron chi connectivity index (χ1n) is 7.57. The largest absolute Gasteiger partial charge is 0.483 e. The van der Waals surface area contributed by atoms with Crippen LogP contribution in [0, 0.1) is 0 Å². The third kappa shape index (κ3) is 3.09. The SMILES string of the molecule is CC1Cc2ccccc2N1C(=O)COc1ccccc1C(F)(F)F. The molecule has 1 heterocycles. The Hall–Kier alpha value is -2.50. The molecule has 0 aromatic heterocycles. The zero-order valence-corrected chi connectivity index (χ0v) is 13.0. The van der Waals surface area contributed by atoms with Crippen molar-refractivity contribution in [2.24, 2.45) is 0 Å². The second kappa shape index (κ2) is 6.19. The summed E-state index contributed by atoms with van der Waals surface area (Å²) in [7, 11) is 0. The molecule has 24 heavy (non-hydrogen) atoms. The Balaban J connectivity index is 1.76. The Bertz CT molecular complexity index is 758. The number of hydrogen-bond acceptors (Lipinski definition) is 2. The van der Waals surface area contributed by atoms with Crippen LogP contribution in [0.25, 0.3) is 0 Å². The van der Waals surface area contributed by atoms with Crippen molar-refractivity contribution in [3.05, 3.63) is 59.7 Å². The topological polar surface area (TPSA) is 29.5 Å². The van der Waals surface area contributed by atoms with Crippen molar-refractivity contribution < 1.29 is 22.7 Å². The molecule has 1 atom stereocenters. The van der Waals surface area contributed by atoms with E-state index in [1.807, 2.05) is 31.2 Å². The Labute approximate surface area is 137 Å². The highest BCUT2D eigenvalue weighted by atomic mass is 19.4. The Kier molecular flexibility index (Phi) is 4.22. The second-order valence-corrected chi connectivity index (χ2v) is 5.73. The van der Waals surface area contributed by atoms with Gasteiger partial charge in [0, 0.05) is 11.7 Å². The molecular weight excluding hydrogens is 319 g/mol. The molecule has 1 aliphatic rings. The summed E-state index contributed by atoms with van der Waals surface area (Å²) >= 11 is 0. The molecule has 6 heteroatoms. The first-order valence-corrected chi connectivity index (χ1v) is 7.57. The van der Waals surface area contributed by atoms with Gasteiger partial charge in [-0.3, -0.25) is 4.79 Å². The lowest BCUT2D eigenvalue weighted by molar-refractivity contribution is -0.139. The molecule has 0 saturated carbocycles. The number of carbonyl (C=O) groups excluding carboxylic acids is 1. The molecule has 0 bridgehead atoms. The molecule has 2 aromatic carbocycles. The first kappa shape index (κ1) is 16.4. The second-order valence-electron chi connectivity index (χ2n) is 5.73. The van der Waals surface area contributed by atoms with E-state index in [-0.39, 0.29) is 17.7 Å². The van der Waals surface area contributed by atoms with Crippen LogP contribution >= 0.6 is 0 Å². The molecule has 3 nitrogen and oxygen atoms in total. The van der Waals surface area contributed by atoms with E-state index in [1.54, 1.807) is 4.90 Å². The molecule has 1 unspecified atom stereocenters. The van der Waals surface area contributed by atoms with E-state index < -0.39 is 18.3 Å². The lowest BCUT2D eigenvalue weighted by Crippen LogP contribution is -2.39. The summed E-state index contributed by atoms with van der Waals surface area (Å²) in [5.74, 6) is -0.692. The smallest absolute Gasteiger partial charge is 0.419 e.